The van der Waals surface area contributed by atoms with Crippen LogP contribution in [0.3, 0.4) is 0 Å². The standard InChI is InChI=1S/C17H27NO/c1-14(2)15-6-8-16(9-7-15)18-12-17(13-19)10-4-3-5-11-17/h6-9,14,18-19H,3-5,10-13H2,1-2H3. The molecule has 0 aromatic heterocycles. The molecule has 1 saturated carbocycles. The first-order chi connectivity index (χ1) is 9.15. The molecule has 1 aromatic rings. The van der Waals surface area contributed by atoms with Crippen molar-refractivity contribution < 1.29 is 5.11 Å². The second-order valence-electron chi connectivity index (χ2n) is 6.35. The Morgan fingerprint density at radius 1 is 1.11 bits per heavy atom. The lowest BCUT2D eigenvalue weighted by atomic mass is 9.74. The minimum absolute atomic E-state index is 0.106. The van der Waals surface area contributed by atoms with Gasteiger partial charge in [0.2, 0.25) is 0 Å². The van der Waals surface area contributed by atoms with E-state index in [1.807, 2.05) is 0 Å². The van der Waals surface area contributed by atoms with Crippen LogP contribution in [0, 0.1) is 5.41 Å². The van der Waals surface area contributed by atoms with E-state index in [-0.39, 0.29) is 5.41 Å². The lowest BCUT2D eigenvalue weighted by Crippen LogP contribution is -2.35. The van der Waals surface area contributed by atoms with Crippen LogP contribution in [-0.2, 0) is 0 Å². The number of nitrogens with one attached hydrogen (secondary N) is 1. The molecule has 0 spiro atoms. The molecule has 0 bridgehead atoms. The summed E-state index contributed by atoms with van der Waals surface area (Å²) in [5, 5.41) is 13.2. The Kier molecular flexibility index (Phi) is 4.87. The first kappa shape index (κ1) is 14.4. The number of anilines is 1. The van der Waals surface area contributed by atoms with Crippen LogP contribution in [0.5, 0.6) is 0 Å². The van der Waals surface area contributed by atoms with Crippen LogP contribution < -0.4 is 5.32 Å². The molecule has 1 aliphatic carbocycles. The molecule has 0 aliphatic heterocycles. The molecule has 1 aliphatic rings. The van der Waals surface area contributed by atoms with E-state index in [1.54, 1.807) is 0 Å². The molecule has 0 atom stereocenters. The number of aliphatic hydroxyl groups excluding tert-OH is 1. The van der Waals surface area contributed by atoms with Gasteiger partial charge < -0.3 is 10.4 Å². The van der Waals surface area contributed by atoms with Crippen molar-refractivity contribution in [2.24, 2.45) is 5.41 Å². The molecule has 1 aromatic carbocycles. The summed E-state index contributed by atoms with van der Waals surface area (Å²) < 4.78 is 0. The normalized spacial score (nSPS) is 18.5. The summed E-state index contributed by atoms with van der Waals surface area (Å²) in [6.07, 6.45) is 6.15. The molecule has 2 rings (SSSR count). The Bertz CT molecular complexity index is 377. The van der Waals surface area contributed by atoms with Crippen molar-refractivity contribution in [2.45, 2.75) is 51.9 Å². The van der Waals surface area contributed by atoms with Crippen molar-refractivity contribution >= 4 is 5.69 Å². The molecule has 2 heteroatoms. The third-order valence-electron chi connectivity index (χ3n) is 4.49. The summed E-state index contributed by atoms with van der Waals surface area (Å²) >= 11 is 0. The molecule has 0 unspecified atom stereocenters. The molecule has 2 nitrogen and oxygen atoms in total. The summed E-state index contributed by atoms with van der Waals surface area (Å²) in [6, 6.07) is 8.70. The van der Waals surface area contributed by atoms with E-state index in [4.69, 9.17) is 0 Å². The van der Waals surface area contributed by atoms with Crippen molar-refractivity contribution in [2.75, 3.05) is 18.5 Å². The molecule has 0 radical (unpaired) electrons. The molecule has 0 saturated heterocycles. The number of benzene rings is 1. The summed E-state index contributed by atoms with van der Waals surface area (Å²) in [5.41, 5.74) is 2.65. The Labute approximate surface area is 117 Å². The second kappa shape index (κ2) is 6.42. The van der Waals surface area contributed by atoms with Gasteiger partial charge in [0, 0.05) is 17.6 Å². The van der Waals surface area contributed by atoms with Gasteiger partial charge in [-0.1, -0.05) is 45.2 Å². The largest absolute Gasteiger partial charge is 0.396 e. The van der Waals surface area contributed by atoms with Crippen LogP contribution in [0.4, 0.5) is 5.69 Å². The van der Waals surface area contributed by atoms with E-state index in [9.17, 15) is 5.11 Å². The van der Waals surface area contributed by atoms with Gasteiger partial charge in [-0.2, -0.15) is 0 Å². The maximum absolute atomic E-state index is 9.70. The van der Waals surface area contributed by atoms with Gasteiger partial charge in [-0.25, -0.2) is 0 Å². The molecular weight excluding hydrogens is 234 g/mol. The maximum Gasteiger partial charge on any atom is 0.0504 e. The van der Waals surface area contributed by atoms with E-state index in [0.29, 0.717) is 12.5 Å². The highest BCUT2D eigenvalue weighted by Crippen LogP contribution is 2.36. The van der Waals surface area contributed by atoms with Gasteiger partial charge in [-0.05, 0) is 36.5 Å². The number of rotatable bonds is 5. The second-order valence-corrected chi connectivity index (χ2v) is 6.35. The van der Waals surface area contributed by atoms with E-state index >= 15 is 0 Å². The van der Waals surface area contributed by atoms with Crippen LogP contribution in [0.15, 0.2) is 24.3 Å². The predicted octanol–water partition coefficient (Wildman–Crippen LogP) is 4.16. The van der Waals surface area contributed by atoms with Crippen LogP contribution >= 0.6 is 0 Å². The Morgan fingerprint density at radius 2 is 1.74 bits per heavy atom. The molecule has 2 N–H and O–H groups in total. The lowest BCUT2D eigenvalue weighted by Gasteiger charge is -2.36. The van der Waals surface area contributed by atoms with Crippen molar-refractivity contribution in [3.8, 4) is 0 Å². The summed E-state index contributed by atoms with van der Waals surface area (Å²) in [6.45, 7) is 5.63. The minimum atomic E-state index is 0.106. The highest BCUT2D eigenvalue weighted by Gasteiger charge is 2.30. The zero-order valence-corrected chi connectivity index (χ0v) is 12.3. The monoisotopic (exact) mass is 261 g/mol. The first-order valence-electron chi connectivity index (χ1n) is 7.60. The highest BCUT2D eigenvalue weighted by molar-refractivity contribution is 5.45. The minimum Gasteiger partial charge on any atom is -0.396 e. The molecule has 1 fully saturated rings. The molecule has 19 heavy (non-hydrogen) atoms. The summed E-state index contributed by atoms with van der Waals surface area (Å²) in [4.78, 5) is 0. The van der Waals surface area contributed by atoms with E-state index in [0.717, 1.165) is 19.4 Å². The van der Waals surface area contributed by atoms with Crippen LogP contribution in [-0.4, -0.2) is 18.3 Å². The summed E-state index contributed by atoms with van der Waals surface area (Å²) in [5.74, 6) is 0.580. The van der Waals surface area contributed by atoms with Crippen molar-refractivity contribution in [1.29, 1.82) is 0 Å². The maximum atomic E-state index is 9.70. The van der Waals surface area contributed by atoms with Gasteiger partial charge >= 0.3 is 0 Å². The van der Waals surface area contributed by atoms with Crippen LogP contribution in [0.25, 0.3) is 0 Å². The van der Waals surface area contributed by atoms with Gasteiger partial charge in [0.15, 0.2) is 0 Å². The van der Waals surface area contributed by atoms with Gasteiger partial charge in [-0.15, -0.1) is 0 Å². The predicted molar refractivity (Wildman–Crippen MR) is 81.6 cm³/mol. The zero-order valence-electron chi connectivity index (χ0n) is 12.3. The number of hydrogen-bond acceptors (Lipinski definition) is 2. The smallest absolute Gasteiger partial charge is 0.0504 e. The number of hydrogen-bond donors (Lipinski definition) is 2. The zero-order chi connectivity index (χ0) is 13.7. The van der Waals surface area contributed by atoms with Gasteiger partial charge in [0.25, 0.3) is 0 Å². The first-order valence-corrected chi connectivity index (χ1v) is 7.60. The molecule has 0 heterocycles. The Hall–Kier alpha value is -1.02. The highest BCUT2D eigenvalue weighted by atomic mass is 16.3. The SMILES string of the molecule is CC(C)c1ccc(NCC2(CO)CCCCC2)cc1. The van der Waals surface area contributed by atoms with Gasteiger partial charge in [0.1, 0.15) is 0 Å². The third-order valence-corrected chi connectivity index (χ3v) is 4.49. The van der Waals surface area contributed by atoms with Crippen molar-refractivity contribution in [1.82, 2.24) is 0 Å². The molecule has 106 valence electrons. The quantitative estimate of drug-likeness (QED) is 0.834. The fourth-order valence-electron chi connectivity index (χ4n) is 2.97. The van der Waals surface area contributed by atoms with Crippen molar-refractivity contribution in [3.63, 3.8) is 0 Å². The van der Waals surface area contributed by atoms with E-state index in [1.165, 1.54) is 30.5 Å². The average molecular weight is 261 g/mol. The Balaban J connectivity index is 1.93. The molecule has 0 amide bonds. The van der Waals surface area contributed by atoms with Crippen LogP contribution in [0.2, 0.25) is 0 Å². The third kappa shape index (κ3) is 3.73. The van der Waals surface area contributed by atoms with Gasteiger partial charge in [-0.3, -0.25) is 0 Å². The van der Waals surface area contributed by atoms with Crippen LogP contribution in [0.1, 0.15) is 57.4 Å². The fraction of sp³-hybridized carbons (Fsp3) is 0.647. The average Bonchev–Trinajstić information content (AvgIpc) is 2.46. The fourth-order valence-corrected chi connectivity index (χ4v) is 2.97. The topological polar surface area (TPSA) is 32.3 Å². The number of aliphatic hydroxyl groups is 1. The summed E-state index contributed by atoms with van der Waals surface area (Å²) in [7, 11) is 0. The van der Waals surface area contributed by atoms with E-state index < -0.39 is 0 Å². The van der Waals surface area contributed by atoms with E-state index in [2.05, 4.69) is 43.4 Å². The Morgan fingerprint density at radius 3 is 2.26 bits per heavy atom. The van der Waals surface area contributed by atoms with Gasteiger partial charge in [0.05, 0.1) is 6.61 Å². The van der Waals surface area contributed by atoms with Crippen molar-refractivity contribution in [3.05, 3.63) is 29.8 Å². The molecular formula is C17H27NO. The lowest BCUT2D eigenvalue weighted by molar-refractivity contribution is 0.0944.